The summed E-state index contributed by atoms with van der Waals surface area (Å²) in [5.41, 5.74) is 8.73. The Morgan fingerprint density at radius 1 is 1.16 bits per heavy atom. The minimum atomic E-state index is 0.0687. The molecule has 0 saturated carbocycles. The maximum Gasteiger partial charge on any atom is 0.120 e. The smallest absolute Gasteiger partial charge is 0.120 e. The molecule has 6 nitrogen and oxygen atoms in total. The van der Waals surface area contributed by atoms with E-state index in [0.717, 1.165) is 72.3 Å². The summed E-state index contributed by atoms with van der Waals surface area (Å²) in [6.45, 7) is 14.4. The summed E-state index contributed by atoms with van der Waals surface area (Å²) in [6.07, 6.45) is 13.2. The molecule has 6 heteroatoms. The van der Waals surface area contributed by atoms with Crippen LogP contribution in [0.4, 0.5) is 0 Å². The second kappa shape index (κ2) is 13.1. The Kier molecular flexibility index (Phi) is 9.41. The van der Waals surface area contributed by atoms with Crippen LogP contribution in [-0.4, -0.2) is 40.8 Å². The molecule has 2 aromatic heterocycles. The summed E-state index contributed by atoms with van der Waals surface area (Å²) in [5.74, 6) is 0. The first-order valence-electron chi connectivity index (χ1n) is 13.8. The first-order chi connectivity index (χ1) is 18.5. The lowest BCUT2D eigenvalue weighted by Crippen LogP contribution is -2.35. The second-order valence-corrected chi connectivity index (χ2v) is 10.2. The van der Waals surface area contributed by atoms with Gasteiger partial charge in [-0.05, 0) is 48.9 Å². The number of aromatic amines is 1. The molecule has 3 aromatic rings. The van der Waals surface area contributed by atoms with Crippen LogP contribution in [0.25, 0.3) is 22.3 Å². The Labute approximate surface area is 226 Å². The van der Waals surface area contributed by atoms with Gasteiger partial charge in [0, 0.05) is 66.8 Å². The lowest BCUT2D eigenvalue weighted by atomic mass is 10.0. The molecule has 0 bridgehead atoms. The fourth-order valence-corrected chi connectivity index (χ4v) is 5.28. The van der Waals surface area contributed by atoms with Crippen LogP contribution in [-0.2, 0) is 17.8 Å². The van der Waals surface area contributed by atoms with Crippen molar-refractivity contribution in [3.8, 4) is 0 Å². The lowest BCUT2D eigenvalue weighted by Gasteiger charge is -2.31. The average molecular weight is 512 g/mol. The van der Waals surface area contributed by atoms with Gasteiger partial charge in [0.1, 0.15) is 6.29 Å². The quantitative estimate of drug-likeness (QED) is 0.158. The Hall–Kier alpha value is -3.80. The molecule has 3 N–H and O–H groups in total. The number of unbranched alkanes of at least 4 members (excludes halogenated alkanes) is 4. The molecular formula is C32H41N5O. The summed E-state index contributed by atoms with van der Waals surface area (Å²) in [7, 11) is 1.89. The third-order valence-electron chi connectivity index (χ3n) is 7.55. The zero-order chi connectivity index (χ0) is 26.9. The molecule has 4 rings (SSSR count). The van der Waals surface area contributed by atoms with Crippen molar-refractivity contribution in [2.24, 2.45) is 0 Å². The molecule has 0 aliphatic carbocycles. The summed E-state index contributed by atoms with van der Waals surface area (Å²) >= 11 is 0. The Morgan fingerprint density at radius 3 is 2.79 bits per heavy atom. The molecule has 38 heavy (non-hydrogen) atoms. The van der Waals surface area contributed by atoms with Crippen LogP contribution in [0.3, 0.4) is 0 Å². The third-order valence-corrected chi connectivity index (χ3v) is 7.55. The third kappa shape index (κ3) is 6.55. The van der Waals surface area contributed by atoms with Crippen molar-refractivity contribution >= 4 is 28.6 Å². The van der Waals surface area contributed by atoms with Gasteiger partial charge in [-0.2, -0.15) is 0 Å². The number of carbonyl (C=O) groups excluding carboxylic acids is 1. The molecule has 200 valence electrons. The topological polar surface area (TPSA) is 73.1 Å². The standard InChI is InChI=1S/C32H41N5O/c1-23(30-20-31-27(21-36-30)15-17-35-31)34-16-9-7-5-6-8-11-26-13-14-29-25(3)37(22-28(29)19-26)32(12-10-18-38)24(2)33-4/h13-15,17-21,32-35H,1-3,5-12,16,22H2,4H3. The van der Waals surface area contributed by atoms with Crippen LogP contribution >= 0.6 is 0 Å². The van der Waals surface area contributed by atoms with Crippen LogP contribution < -0.4 is 10.6 Å². The highest BCUT2D eigenvalue weighted by atomic mass is 16.1. The Balaban J connectivity index is 1.15. The van der Waals surface area contributed by atoms with E-state index < -0.39 is 0 Å². The Morgan fingerprint density at radius 2 is 1.97 bits per heavy atom. The molecule has 0 fully saturated rings. The summed E-state index contributed by atoms with van der Waals surface area (Å²) < 4.78 is 0. The van der Waals surface area contributed by atoms with Crippen LogP contribution in [0.15, 0.2) is 68.2 Å². The molecule has 1 atom stereocenters. The van der Waals surface area contributed by atoms with Gasteiger partial charge in [0.2, 0.25) is 0 Å². The van der Waals surface area contributed by atoms with Crippen molar-refractivity contribution < 1.29 is 4.79 Å². The number of benzene rings is 1. The maximum absolute atomic E-state index is 11.0. The number of aromatic nitrogens is 2. The second-order valence-electron chi connectivity index (χ2n) is 10.2. The summed E-state index contributed by atoms with van der Waals surface area (Å²) in [4.78, 5) is 21.0. The molecule has 0 amide bonds. The number of aldehydes is 1. The molecule has 0 spiro atoms. The van der Waals surface area contributed by atoms with Gasteiger partial charge in [0.25, 0.3) is 0 Å². The number of carbonyl (C=O) groups is 1. The first kappa shape index (κ1) is 27.2. The van der Waals surface area contributed by atoms with E-state index in [1.807, 2.05) is 31.6 Å². The van der Waals surface area contributed by atoms with E-state index in [9.17, 15) is 4.79 Å². The predicted octanol–water partition coefficient (Wildman–Crippen LogP) is 6.18. The van der Waals surface area contributed by atoms with Gasteiger partial charge in [0.05, 0.1) is 17.4 Å². The SMILES string of the molecule is C=C(NCCCCCCCc1ccc2c(c1)CN(C(CCC=O)C(=C)NC)C2=C)c1cc2[nH]ccc2cn1. The largest absolute Gasteiger partial charge is 0.390 e. The lowest BCUT2D eigenvalue weighted by molar-refractivity contribution is -0.108. The molecule has 1 aliphatic heterocycles. The summed E-state index contributed by atoms with van der Waals surface area (Å²) in [6, 6.07) is 10.9. The average Bonchev–Trinajstić information content (AvgIpc) is 3.53. The van der Waals surface area contributed by atoms with E-state index in [4.69, 9.17) is 0 Å². The normalized spacial score (nSPS) is 13.4. The van der Waals surface area contributed by atoms with E-state index in [2.05, 4.69) is 63.4 Å². The number of likely N-dealkylation sites (N-methyl/N-ethyl adjacent to an activating group) is 1. The van der Waals surface area contributed by atoms with Gasteiger partial charge < -0.3 is 25.3 Å². The number of nitrogens with zero attached hydrogens (tertiary/aromatic N) is 2. The van der Waals surface area contributed by atoms with Crippen LogP contribution in [0, 0.1) is 0 Å². The molecule has 3 heterocycles. The van der Waals surface area contributed by atoms with Crippen molar-refractivity contribution in [1.29, 1.82) is 0 Å². The van der Waals surface area contributed by atoms with Crippen molar-refractivity contribution in [3.05, 3.63) is 90.5 Å². The first-order valence-corrected chi connectivity index (χ1v) is 13.8. The number of nitrogens with one attached hydrogen (secondary N) is 3. The molecule has 0 saturated heterocycles. The van der Waals surface area contributed by atoms with Gasteiger partial charge in [-0.1, -0.05) is 57.2 Å². The molecule has 0 radical (unpaired) electrons. The molecule has 1 aromatic carbocycles. The maximum atomic E-state index is 11.0. The van der Waals surface area contributed by atoms with Crippen LogP contribution in [0.5, 0.6) is 0 Å². The number of fused-ring (bicyclic) bond motifs is 2. The van der Waals surface area contributed by atoms with Crippen LogP contribution in [0.2, 0.25) is 0 Å². The fraction of sp³-hybridized carbons (Fsp3) is 0.375. The number of hydrogen-bond acceptors (Lipinski definition) is 5. The molecular weight excluding hydrogens is 470 g/mol. The highest BCUT2D eigenvalue weighted by Crippen LogP contribution is 2.36. The van der Waals surface area contributed by atoms with E-state index in [1.54, 1.807) is 0 Å². The van der Waals surface area contributed by atoms with Gasteiger partial charge in [-0.25, -0.2) is 0 Å². The molecule has 1 aliphatic rings. The zero-order valence-electron chi connectivity index (χ0n) is 22.7. The van der Waals surface area contributed by atoms with Gasteiger partial charge in [-0.3, -0.25) is 4.98 Å². The monoisotopic (exact) mass is 511 g/mol. The fourth-order valence-electron chi connectivity index (χ4n) is 5.28. The highest BCUT2D eigenvalue weighted by molar-refractivity contribution is 5.81. The van der Waals surface area contributed by atoms with E-state index >= 15 is 0 Å². The minimum absolute atomic E-state index is 0.0687. The van der Waals surface area contributed by atoms with Gasteiger partial charge in [0.15, 0.2) is 0 Å². The van der Waals surface area contributed by atoms with E-state index in [0.29, 0.717) is 6.42 Å². The van der Waals surface area contributed by atoms with E-state index in [-0.39, 0.29) is 6.04 Å². The van der Waals surface area contributed by atoms with Crippen molar-refractivity contribution in [2.75, 3.05) is 13.6 Å². The minimum Gasteiger partial charge on any atom is -0.390 e. The highest BCUT2D eigenvalue weighted by Gasteiger charge is 2.29. The van der Waals surface area contributed by atoms with Crippen molar-refractivity contribution in [2.45, 2.75) is 64.0 Å². The summed E-state index contributed by atoms with van der Waals surface area (Å²) in [5, 5.41) is 7.71. The van der Waals surface area contributed by atoms with Crippen LogP contribution in [0.1, 0.15) is 67.3 Å². The molecule has 1 unspecified atom stereocenters. The number of hydrogen-bond donors (Lipinski definition) is 3. The van der Waals surface area contributed by atoms with E-state index in [1.165, 1.54) is 42.4 Å². The predicted molar refractivity (Wildman–Crippen MR) is 158 cm³/mol. The Bertz CT molecular complexity index is 1290. The van der Waals surface area contributed by atoms with Gasteiger partial charge >= 0.3 is 0 Å². The number of aryl methyl sites for hydroxylation is 1. The van der Waals surface area contributed by atoms with Gasteiger partial charge in [-0.15, -0.1) is 0 Å². The number of H-pyrrole nitrogens is 1. The zero-order valence-corrected chi connectivity index (χ0v) is 22.7. The number of rotatable bonds is 16. The van der Waals surface area contributed by atoms with Crippen molar-refractivity contribution in [3.63, 3.8) is 0 Å². The van der Waals surface area contributed by atoms with Crippen molar-refractivity contribution in [1.82, 2.24) is 25.5 Å². The number of pyridine rings is 1.